The predicted molar refractivity (Wildman–Crippen MR) is 85.6 cm³/mol. The number of hydrogen-bond acceptors (Lipinski definition) is 3. The van der Waals surface area contributed by atoms with Crippen LogP contribution in [0.1, 0.15) is 37.8 Å². The summed E-state index contributed by atoms with van der Waals surface area (Å²) in [6, 6.07) is 3.53. The summed E-state index contributed by atoms with van der Waals surface area (Å²) in [6.45, 7) is 9.70. The lowest BCUT2D eigenvalue weighted by molar-refractivity contribution is -0.127. The molecule has 1 unspecified atom stereocenters. The van der Waals surface area contributed by atoms with Gasteiger partial charge in [0.1, 0.15) is 5.75 Å². The summed E-state index contributed by atoms with van der Waals surface area (Å²) in [6.07, 6.45) is 2.21. The summed E-state index contributed by atoms with van der Waals surface area (Å²) < 4.78 is 0. The number of benzene rings is 1. The van der Waals surface area contributed by atoms with E-state index >= 15 is 0 Å². The molecule has 21 heavy (non-hydrogen) atoms. The molecule has 0 aromatic heterocycles. The Hall–Kier alpha value is -1.55. The topological polar surface area (TPSA) is 61.4 Å². The van der Waals surface area contributed by atoms with Gasteiger partial charge in [-0.2, -0.15) is 0 Å². The van der Waals surface area contributed by atoms with E-state index in [1.165, 1.54) is 0 Å². The van der Waals surface area contributed by atoms with Crippen molar-refractivity contribution >= 4 is 11.6 Å². The van der Waals surface area contributed by atoms with Crippen molar-refractivity contribution in [2.75, 3.05) is 18.4 Å². The molecule has 0 radical (unpaired) electrons. The molecule has 0 aliphatic carbocycles. The van der Waals surface area contributed by atoms with Gasteiger partial charge in [-0.05, 0) is 69.0 Å². The van der Waals surface area contributed by atoms with Crippen molar-refractivity contribution in [3.05, 3.63) is 23.3 Å². The van der Waals surface area contributed by atoms with E-state index in [9.17, 15) is 9.90 Å². The maximum absolute atomic E-state index is 12.7. The number of rotatable bonds is 3. The van der Waals surface area contributed by atoms with Crippen LogP contribution in [0.4, 0.5) is 5.69 Å². The Morgan fingerprint density at radius 1 is 1.33 bits per heavy atom. The van der Waals surface area contributed by atoms with Crippen molar-refractivity contribution in [3.8, 4) is 5.75 Å². The van der Waals surface area contributed by atoms with Crippen molar-refractivity contribution in [2.45, 2.75) is 40.5 Å². The summed E-state index contributed by atoms with van der Waals surface area (Å²) in [7, 11) is 0. The van der Waals surface area contributed by atoms with Crippen molar-refractivity contribution < 1.29 is 9.90 Å². The van der Waals surface area contributed by atoms with Gasteiger partial charge >= 0.3 is 0 Å². The summed E-state index contributed by atoms with van der Waals surface area (Å²) in [4.78, 5) is 12.7. The summed E-state index contributed by atoms with van der Waals surface area (Å²) in [5.41, 5.74) is 2.02. The highest BCUT2D eigenvalue weighted by Gasteiger charge is 2.37. The van der Waals surface area contributed by atoms with Crippen LogP contribution in [-0.4, -0.2) is 24.1 Å². The average Bonchev–Trinajstić information content (AvgIpc) is 2.45. The smallest absolute Gasteiger partial charge is 0.230 e. The molecule has 0 spiro atoms. The Morgan fingerprint density at radius 2 is 2.05 bits per heavy atom. The molecule has 1 aliphatic rings. The maximum Gasteiger partial charge on any atom is 0.230 e. The van der Waals surface area contributed by atoms with Gasteiger partial charge in [-0.25, -0.2) is 0 Å². The monoisotopic (exact) mass is 290 g/mol. The van der Waals surface area contributed by atoms with Gasteiger partial charge in [-0.15, -0.1) is 0 Å². The zero-order valence-corrected chi connectivity index (χ0v) is 13.4. The van der Waals surface area contributed by atoms with Crippen LogP contribution in [0.5, 0.6) is 5.75 Å². The van der Waals surface area contributed by atoms with Crippen LogP contribution in [0, 0.1) is 25.2 Å². The van der Waals surface area contributed by atoms with E-state index in [1.54, 1.807) is 6.07 Å². The van der Waals surface area contributed by atoms with Gasteiger partial charge in [0.2, 0.25) is 5.91 Å². The largest absolute Gasteiger partial charge is 0.508 e. The fourth-order valence-electron chi connectivity index (χ4n) is 2.87. The zero-order chi connectivity index (χ0) is 15.6. The van der Waals surface area contributed by atoms with E-state index in [1.807, 2.05) is 33.8 Å². The first-order valence-corrected chi connectivity index (χ1v) is 7.64. The first-order chi connectivity index (χ1) is 9.82. The molecule has 0 saturated carbocycles. The van der Waals surface area contributed by atoms with Gasteiger partial charge in [0.15, 0.2) is 0 Å². The van der Waals surface area contributed by atoms with Crippen LogP contribution in [0.2, 0.25) is 0 Å². The number of carbonyl (C=O) groups is 1. The lowest BCUT2D eigenvalue weighted by Crippen LogP contribution is -2.44. The van der Waals surface area contributed by atoms with E-state index in [-0.39, 0.29) is 11.7 Å². The second kappa shape index (κ2) is 6.06. The number of carbonyl (C=O) groups excluding carboxylic acids is 1. The third kappa shape index (κ3) is 3.38. The Balaban J connectivity index is 2.15. The minimum Gasteiger partial charge on any atom is -0.508 e. The van der Waals surface area contributed by atoms with Gasteiger partial charge in [0.25, 0.3) is 0 Å². The van der Waals surface area contributed by atoms with Crippen LogP contribution in [0.25, 0.3) is 0 Å². The molecule has 4 heteroatoms. The van der Waals surface area contributed by atoms with E-state index in [0.29, 0.717) is 5.92 Å². The number of nitrogens with one attached hydrogen (secondary N) is 2. The Kier molecular flexibility index (Phi) is 4.57. The number of aryl methyl sites for hydroxylation is 2. The highest BCUT2D eigenvalue weighted by atomic mass is 16.3. The molecule has 3 N–H and O–H groups in total. The van der Waals surface area contributed by atoms with Crippen molar-refractivity contribution in [3.63, 3.8) is 0 Å². The van der Waals surface area contributed by atoms with Crippen LogP contribution in [0.3, 0.4) is 0 Å². The molecule has 1 heterocycles. The van der Waals surface area contributed by atoms with Crippen molar-refractivity contribution in [1.82, 2.24) is 5.32 Å². The fraction of sp³-hybridized carbons (Fsp3) is 0.588. The molecule has 116 valence electrons. The van der Waals surface area contributed by atoms with Gasteiger partial charge in [-0.1, -0.05) is 13.8 Å². The molecular formula is C17H26N2O2. The maximum atomic E-state index is 12.7. The Bertz CT molecular complexity index is 532. The summed E-state index contributed by atoms with van der Waals surface area (Å²) in [5, 5.41) is 16.1. The van der Waals surface area contributed by atoms with Crippen molar-refractivity contribution in [1.29, 1.82) is 0 Å². The number of piperidine rings is 1. The van der Waals surface area contributed by atoms with Gasteiger partial charge < -0.3 is 15.7 Å². The molecule has 4 nitrogen and oxygen atoms in total. The molecule has 1 aliphatic heterocycles. The Morgan fingerprint density at radius 3 is 2.67 bits per heavy atom. The van der Waals surface area contributed by atoms with Crippen molar-refractivity contribution in [2.24, 2.45) is 11.3 Å². The van der Waals surface area contributed by atoms with E-state index in [0.717, 1.165) is 42.7 Å². The molecular weight excluding hydrogens is 264 g/mol. The minimum absolute atomic E-state index is 0.0457. The first-order valence-electron chi connectivity index (χ1n) is 7.64. The first kappa shape index (κ1) is 15.8. The molecule has 1 saturated heterocycles. The van der Waals surface area contributed by atoms with Crippen LogP contribution >= 0.6 is 0 Å². The third-order valence-electron chi connectivity index (χ3n) is 4.69. The number of amides is 1. The van der Waals surface area contributed by atoms with Gasteiger partial charge in [0, 0.05) is 11.1 Å². The fourth-order valence-corrected chi connectivity index (χ4v) is 2.87. The molecule has 1 amide bonds. The number of phenols is 1. The summed E-state index contributed by atoms with van der Waals surface area (Å²) >= 11 is 0. The van der Waals surface area contributed by atoms with Crippen LogP contribution in [-0.2, 0) is 4.79 Å². The second-order valence-corrected chi connectivity index (χ2v) is 6.67. The SMILES string of the molecule is Cc1cc(NC(=O)C(C)(C)C2CCCNC2)c(C)cc1O. The van der Waals surface area contributed by atoms with E-state index in [4.69, 9.17) is 0 Å². The zero-order valence-electron chi connectivity index (χ0n) is 13.4. The molecule has 2 rings (SSSR count). The quantitative estimate of drug-likeness (QED) is 0.750. The lowest BCUT2D eigenvalue weighted by atomic mass is 9.74. The number of hydrogen-bond donors (Lipinski definition) is 3. The van der Waals surface area contributed by atoms with Gasteiger partial charge in [-0.3, -0.25) is 4.79 Å². The highest BCUT2D eigenvalue weighted by molar-refractivity contribution is 5.95. The van der Waals surface area contributed by atoms with Crippen LogP contribution in [0.15, 0.2) is 12.1 Å². The van der Waals surface area contributed by atoms with Gasteiger partial charge in [0.05, 0.1) is 0 Å². The summed E-state index contributed by atoms with van der Waals surface area (Å²) in [5.74, 6) is 0.662. The standard InChI is InChI=1S/C17H26N2O2/c1-11-9-15(20)12(2)8-14(11)19-16(21)17(3,4)13-6-5-7-18-10-13/h8-9,13,18,20H,5-7,10H2,1-4H3,(H,19,21). The minimum atomic E-state index is -0.411. The van der Waals surface area contributed by atoms with E-state index < -0.39 is 5.41 Å². The average molecular weight is 290 g/mol. The lowest BCUT2D eigenvalue weighted by Gasteiger charge is -2.36. The predicted octanol–water partition coefficient (Wildman–Crippen LogP) is 2.97. The molecule has 0 bridgehead atoms. The highest BCUT2D eigenvalue weighted by Crippen LogP contribution is 2.34. The number of aromatic hydroxyl groups is 1. The molecule has 1 aromatic carbocycles. The molecule has 1 aromatic rings. The van der Waals surface area contributed by atoms with E-state index in [2.05, 4.69) is 10.6 Å². The molecule has 1 atom stereocenters. The number of anilines is 1. The second-order valence-electron chi connectivity index (χ2n) is 6.67. The third-order valence-corrected chi connectivity index (χ3v) is 4.69. The normalized spacial score (nSPS) is 19.3. The van der Waals surface area contributed by atoms with Crippen LogP contribution < -0.4 is 10.6 Å². The Labute approximate surface area is 126 Å². The molecule has 1 fully saturated rings. The number of phenolic OH excluding ortho intramolecular Hbond substituents is 1.